The van der Waals surface area contributed by atoms with Gasteiger partial charge in [-0.05, 0) is 29.8 Å². The summed E-state index contributed by atoms with van der Waals surface area (Å²) in [5.41, 5.74) is 0.929. The summed E-state index contributed by atoms with van der Waals surface area (Å²) in [5.74, 6) is 1.61. The summed E-state index contributed by atoms with van der Waals surface area (Å²) in [6, 6.07) is 8.78. The van der Waals surface area contributed by atoms with Crippen molar-refractivity contribution >= 4 is 40.9 Å². The molecule has 0 bridgehead atoms. The van der Waals surface area contributed by atoms with Crippen LogP contribution >= 0.6 is 35.0 Å². The average molecular weight is 330 g/mol. The van der Waals surface area contributed by atoms with Crippen LogP contribution in [0.4, 0.5) is 0 Å². The summed E-state index contributed by atoms with van der Waals surface area (Å²) in [6.07, 6.45) is 1.48. The van der Waals surface area contributed by atoms with Crippen molar-refractivity contribution in [1.82, 2.24) is 5.32 Å². The molecule has 1 aromatic heterocycles. The Morgan fingerprint density at radius 3 is 2.60 bits per heavy atom. The topological polar surface area (TPSA) is 42.2 Å². The molecular formula is C14H13Cl2NO2S. The molecule has 0 unspecified atom stereocenters. The summed E-state index contributed by atoms with van der Waals surface area (Å²) >= 11 is 13.8. The lowest BCUT2D eigenvalue weighted by Gasteiger charge is -2.07. The fraction of sp³-hybridized carbons (Fsp3) is 0.214. The predicted molar refractivity (Wildman–Crippen MR) is 83.7 cm³/mol. The third-order valence-electron chi connectivity index (χ3n) is 2.59. The van der Waals surface area contributed by atoms with E-state index < -0.39 is 0 Å². The number of nitrogens with one attached hydrogen (secondary N) is 1. The maximum Gasteiger partial charge on any atom is 0.287 e. The first kappa shape index (κ1) is 15.3. The SMILES string of the molecule is O=C(NCCSCc1c(Cl)cccc1Cl)c1ccco1. The van der Waals surface area contributed by atoms with Gasteiger partial charge in [0.1, 0.15) is 0 Å². The Kier molecular flexibility index (Phi) is 5.83. The molecule has 2 rings (SSSR count). The molecule has 1 aromatic carbocycles. The molecule has 0 radical (unpaired) electrons. The van der Waals surface area contributed by atoms with Gasteiger partial charge in [-0.25, -0.2) is 0 Å². The van der Waals surface area contributed by atoms with Gasteiger partial charge in [0.15, 0.2) is 5.76 Å². The van der Waals surface area contributed by atoms with Crippen molar-refractivity contribution in [2.24, 2.45) is 0 Å². The van der Waals surface area contributed by atoms with Crippen LogP contribution < -0.4 is 5.32 Å². The lowest BCUT2D eigenvalue weighted by atomic mass is 10.2. The largest absolute Gasteiger partial charge is 0.459 e. The quantitative estimate of drug-likeness (QED) is 0.805. The first-order valence-electron chi connectivity index (χ1n) is 6.01. The zero-order valence-electron chi connectivity index (χ0n) is 10.6. The summed E-state index contributed by atoms with van der Waals surface area (Å²) in [7, 11) is 0. The Balaban J connectivity index is 1.71. The third kappa shape index (κ3) is 4.20. The van der Waals surface area contributed by atoms with Gasteiger partial charge in [0.05, 0.1) is 6.26 Å². The fourth-order valence-corrected chi connectivity index (χ4v) is 3.17. The van der Waals surface area contributed by atoms with Crippen molar-refractivity contribution in [3.63, 3.8) is 0 Å². The molecular weight excluding hydrogens is 317 g/mol. The number of furan rings is 1. The van der Waals surface area contributed by atoms with Crippen LogP contribution in [-0.4, -0.2) is 18.2 Å². The van der Waals surface area contributed by atoms with E-state index in [1.807, 2.05) is 18.2 Å². The number of thioether (sulfide) groups is 1. The van der Waals surface area contributed by atoms with E-state index in [9.17, 15) is 4.79 Å². The lowest BCUT2D eigenvalue weighted by molar-refractivity contribution is 0.0928. The minimum Gasteiger partial charge on any atom is -0.459 e. The fourth-order valence-electron chi connectivity index (χ4n) is 1.58. The zero-order chi connectivity index (χ0) is 14.4. The number of amides is 1. The highest BCUT2D eigenvalue weighted by molar-refractivity contribution is 7.98. The summed E-state index contributed by atoms with van der Waals surface area (Å²) in [5, 5.41) is 4.12. The van der Waals surface area contributed by atoms with Crippen molar-refractivity contribution < 1.29 is 9.21 Å². The normalized spacial score (nSPS) is 10.5. The number of benzene rings is 1. The standard InChI is InChI=1S/C14H13Cl2NO2S/c15-11-3-1-4-12(16)10(11)9-20-8-6-17-14(18)13-5-2-7-19-13/h1-5,7H,6,8-9H2,(H,17,18). The van der Waals surface area contributed by atoms with Crippen LogP contribution in [0.2, 0.25) is 10.0 Å². The van der Waals surface area contributed by atoms with Crippen molar-refractivity contribution in [3.05, 3.63) is 58.0 Å². The Morgan fingerprint density at radius 1 is 1.20 bits per heavy atom. The second-order valence-electron chi connectivity index (χ2n) is 3.99. The number of hydrogen-bond acceptors (Lipinski definition) is 3. The summed E-state index contributed by atoms with van der Waals surface area (Å²) in [4.78, 5) is 11.6. The molecule has 0 aliphatic rings. The molecule has 1 amide bonds. The molecule has 6 heteroatoms. The van der Waals surface area contributed by atoms with Crippen molar-refractivity contribution in [2.45, 2.75) is 5.75 Å². The van der Waals surface area contributed by atoms with Crippen LogP contribution in [0.25, 0.3) is 0 Å². The summed E-state index contributed by atoms with van der Waals surface area (Å²) < 4.78 is 5.00. The Morgan fingerprint density at radius 2 is 1.95 bits per heavy atom. The zero-order valence-corrected chi connectivity index (χ0v) is 12.9. The smallest absolute Gasteiger partial charge is 0.287 e. The second-order valence-corrected chi connectivity index (χ2v) is 5.91. The predicted octanol–water partition coefficient (Wildman–Crippen LogP) is 4.25. The minimum atomic E-state index is -0.202. The van der Waals surface area contributed by atoms with Gasteiger partial charge in [0, 0.05) is 28.1 Å². The van der Waals surface area contributed by atoms with Crippen molar-refractivity contribution in [3.8, 4) is 0 Å². The van der Waals surface area contributed by atoms with Crippen LogP contribution in [0.1, 0.15) is 16.1 Å². The van der Waals surface area contributed by atoms with E-state index in [1.165, 1.54) is 6.26 Å². The molecule has 0 spiro atoms. The average Bonchev–Trinajstić information content (AvgIpc) is 2.95. The van der Waals surface area contributed by atoms with Crippen molar-refractivity contribution in [2.75, 3.05) is 12.3 Å². The number of halogens is 2. The highest BCUT2D eigenvalue weighted by Gasteiger charge is 2.08. The van der Waals surface area contributed by atoms with Crippen LogP contribution in [0, 0.1) is 0 Å². The molecule has 1 heterocycles. The first-order valence-corrected chi connectivity index (χ1v) is 7.92. The molecule has 1 N–H and O–H groups in total. The molecule has 2 aromatic rings. The van der Waals surface area contributed by atoms with E-state index in [1.54, 1.807) is 23.9 Å². The van der Waals surface area contributed by atoms with Crippen LogP contribution in [0.3, 0.4) is 0 Å². The molecule has 0 saturated carbocycles. The van der Waals surface area contributed by atoms with E-state index in [4.69, 9.17) is 27.6 Å². The highest BCUT2D eigenvalue weighted by Crippen LogP contribution is 2.27. The number of carbonyl (C=O) groups is 1. The van der Waals surface area contributed by atoms with E-state index in [-0.39, 0.29) is 5.91 Å². The highest BCUT2D eigenvalue weighted by atomic mass is 35.5. The van der Waals surface area contributed by atoms with Crippen LogP contribution in [0.5, 0.6) is 0 Å². The van der Waals surface area contributed by atoms with Gasteiger partial charge in [-0.2, -0.15) is 11.8 Å². The molecule has 106 valence electrons. The Bertz CT molecular complexity index is 552. The van der Waals surface area contributed by atoms with Gasteiger partial charge in [-0.3, -0.25) is 4.79 Å². The van der Waals surface area contributed by atoms with Gasteiger partial charge < -0.3 is 9.73 Å². The number of hydrogen-bond donors (Lipinski definition) is 1. The molecule has 0 atom stereocenters. The maximum absolute atomic E-state index is 11.6. The lowest BCUT2D eigenvalue weighted by Crippen LogP contribution is -2.25. The summed E-state index contributed by atoms with van der Waals surface area (Å²) in [6.45, 7) is 0.562. The number of carbonyl (C=O) groups excluding carboxylic acids is 1. The molecule has 0 aliphatic carbocycles. The maximum atomic E-state index is 11.6. The molecule has 20 heavy (non-hydrogen) atoms. The molecule has 0 saturated heterocycles. The monoisotopic (exact) mass is 329 g/mol. The molecule has 3 nitrogen and oxygen atoms in total. The molecule has 0 aliphatic heterocycles. The Hall–Kier alpha value is -1.10. The van der Waals surface area contributed by atoms with Gasteiger partial charge in [-0.15, -0.1) is 0 Å². The third-order valence-corrected chi connectivity index (χ3v) is 4.28. The van der Waals surface area contributed by atoms with E-state index >= 15 is 0 Å². The number of rotatable bonds is 6. The minimum absolute atomic E-state index is 0.202. The van der Waals surface area contributed by atoms with Gasteiger partial charge >= 0.3 is 0 Å². The van der Waals surface area contributed by atoms with Gasteiger partial charge in [0.25, 0.3) is 5.91 Å². The van der Waals surface area contributed by atoms with Gasteiger partial charge in [-0.1, -0.05) is 29.3 Å². The van der Waals surface area contributed by atoms with E-state index in [2.05, 4.69) is 5.32 Å². The first-order chi connectivity index (χ1) is 9.68. The van der Waals surface area contributed by atoms with Gasteiger partial charge in [0.2, 0.25) is 0 Å². The Labute approximate surface area is 131 Å². The van der Waals surface area contributed by atoms with E-state index in [0.29, 0.717) is 22.4 Å². The van der Waals surface area contributed by atoms with Crippen LogP contribution in [0.15, 0.2) is 41.0 Å². The van der Waals surface area contributed by atoms with Crippen LogP contribution in [-0.2, 0) is 5.75 Å². The second kappa shape index (κ2) is 7.62. The van der Waals surface area contributed by atoms with E-state index in [0.717, 1.165) is 17.1 Å². The molecule has 0 fully saturated rings. The van der Waals surface area contributed by atoms with Crippen molar-refractivity contribution in [1.29, 1.82) is 0 Å².